The first-order chi connectivity index (χ1) is 16.2. The average molecular weight is 487 g/mol. The van der Waals surface area contributed by atoms with Gasteiger partial charge in [0.05, 0.1) is 5.69 Å². The number of hydrogen-bond acceptors (Lipinski definition) is 6. The van der Waals surface area contributed by atoms with Crippen molar-refractivity contribution in [3.63, 3.8) is 0 Å². The number of sulfonamides is 1. The third kappa shape index (κ3) is 5.00. The number of aromatic nitrogens is 4. The maximum absolute atomic E-state index is 13.1. The number of amides is 1. The van der Waals surface area contributed by atoms with E-state index in [-0.39, 0.29) is 30.6 Å². The lowest BCUT2D eigenvalue weighted by Gasteiger charge is -2.33. The zero-order chi connectivity index (χ0) is 24.5. The zero-order valence-corrected chi connectivity index (χ0v) is 20.7. The van der Waals surface area contributed by atoms with Crippen LogP contribution in [-0.2, 0) is 23.3 Å². The highest BCUT2D eigenvalue weighted by molar-refractivity contribution is 7.89. The molecule has 1 fully saturated rings. The quantitative estimate of drug-likeness (QED) is 0.507. The van der Waals surface area contributed by atoms with Crippen molar-refractivity contribution >= 4 is 15.9 Å². The van der Waals surface area contributed by atoms with E-state index in [4.69, 9.17) is 4.74 Å². The number of nitrogens with zero attached hydrogens (tertiary/aromatic N) is 6. The van der Waals surface area contributed by atoms with Crippen molar-refractivity contribution in [2.45, 2.75) is 45.9 Å². The molecule has 3 heterocycles. The second kappa shape index (κ2) is 9.59. The molecule has 0 aliphatic carbocycles. The Morgan fingerprint density at radius 1 is 1.00 bits per heavy atom. The summed E-state index contributed by atoms with van der Waals surface area (Å²) in [6, 6.07) is 7.62. The molecule has 0 bridgehead atoms. The number of benzene rings is 1. The fraction of sp³-hybridized carbons (Fsp3) is 0.435. The van der Waals surface area contributed by atoms with Gasteiger partial charge in [-0.3, -0.25) is 9.48 Å². The lowest BCUT2D eigenvalue weighted by atomic mass is 10.1. The van der Waals surface area contributed by atoms with Crippen LogP contribution >= 0.6 is 0 Å². The van der Waals surface area contributed by atoms with Gasteiger partial charge < -0.3 is 9.64 Å². The van der Waals surface area contributed by atoms with Crippen molar-refractivity contribution in [2.24, 2.45) is 0 Å². The zero-order valence-electron chi connectivity index (χ0n) is 19.9. The molecule has 0 N–H and O–H groups in total. The summed E-state index contributed by atoms with van der Waals surface area (Å²) in [5.74, 6) is 0.523. The molecular formula is C23H30N6O4S. The van der Waals surface area contributed by atoms with Crippen molar-refractivity contribution in [1.29, 1.82) is 0 Å². The maximum atomic E-state index is 13.1. The topological polar surface area (TPSA) is 103 Å². The fourth-order valence-electron chi connectivity index (χ4n) is 4.05. The Labute approximate surface area is 199 Å². The summed E-state index contributed by atoms with van der Waals surface area (Å²) in [4.78, 5) is 14.8. The van der Waals surface area contributed by atoms with Gasteiger partial charge in [0.2, 0.25) is 10.0 Å². The van der Waals surface area contributed by atoms with Gasteiger partial charge >= 0.3 is 0 Å². The molecular weight excluding hydrogens is 456 g/mol. The van der Waals surface area contributed by atoms with Crippen LogP contribution in [0.2, 0.25) is 0 Å². The molecule has 0 atom stereocenters. The Hall–Kier alpha value is -3.18. The summed E-state index contributed by atoms with van der Waals surface area (Å²) < 4.78 is 36.5. The molecule has 0 saturated carbocycles. The van der Waals surface area contributed by atoms with Gasteiger partial charge in [0.25, 0.3) is 5.91 Å². The van der Waals surface area contributed by atoms with Crippen LogP contribution in [0.3, 0.4) is 0 Å². The number of piperazine rings is 1. The van der Waals surface area contributed by atoms with Gasteiger partial charge in [0.1, 0.15) is 10.6 Å². The van der Waals surface area contributed by atoms with Gasteiger partial charge in [0, 0.05) is 45.1 Å². The number of aryl methyl sites for hydroxylation is 4. The van der Waals surface area contributed by atoms with Gasteiger partial charge in [-0.2, -0.15) is 14.5 Å². The van der Waals surface area contributed by atoms with E-state index in [1.165, 1.54) is 4.31 Å². The summed E-state index contributed by atoms with van der Waals surface area (Å²) in [7, 11) is -3.66. The van der Waals surface area contributed by atoms with Gasteiger partial charge in [0.15, 0.2) is 12.4 Å². The summed E-state index contributed by atoms with van der Waals surface area (Å²) in [5, 5.41) is 8.59. The minimum absolute atomic E-state index is 0.187. The van der Waals surface area contributed by atoms with Crippen LogP contribution in [0.4, 0.5) is 0 Å². The first-order valence-corrected chi connectivity index (χ1v) is 12.7. The summed E-state index contributed by atoms with van der Waals surface area (Å²) in [6.07, 6.45) is 3.26. The van der Waals surface area contributed by atoms with E-state index < -0.39 is 10.0 Å². The second-order valence-corrected chi connectivity index (χ2v) is 10.4. The highest BCUT2D eigenvalue weighted by atomic mass is 32.2. The molecule has 4 rings (SSSR count). The van der Waals surface area contributed by atoms with Crippen LogP contribution in [0.15, 0.2) is 41.6 Å². The molecule has 11 heteroatoms. The summed E-state index contributed by atoms with van der Waals surface area (Å²) in [5.41, 5.74) is 3.01. The van der Waals surface area contributed by atoms with Crippen molar-refractivity contribution < 1.29 is 17.9 Å². The molecule has 1 aliphatic rings. The Morgan fingerprint density at radius 2 is 1.68 bits per heavy atom. The van der Waals surface area contributed by atoms with Crippen molar-refractivity contribution in [3.8, 4) is 5.75 Å². The molecule has 0 radical (unpaired) electrons. The van der Waals surface area contributed by atoms with E-state index in [1.807, 2.05) is 32.9 Å². The second-order valence-electron chi connectivity index (χ2n) is 8.47. The predicted octanol–water partition coefficient (Wildman–Crippen LogP) is 2.21. The third-order valence-electron chi connectivity index (χ3n) is 5.79. The van der Waals surface area contributed by atoms with Crippen molar-refractivity contribution in [1.82, 2.24) is 28.8 Å². The first kappa shape index (κ1) is 24.0. The smallest absolute Gasteiger partial charge is 0.274 e. The lowest BCUT2D eigenvalue weighted by molar-refractivity contribution is 0.0690. The fourth-order valence-corrected chi connectivity index (χ4v) is 5.64. The molecule has 3 aromatic rings. The lowest BCUT2D eigenvalue weighted by Crippen LogP contribution is -2.50. The number of hydrogen-bond donors (Lipinski definition) is 0. The van der Waals surface area contributed by atoms with Gasteiger partial charge in [-0.05, 0) is 57.0 Å². The molecule has 10 nitrogen and oxygen atoms in total. The minimum atomic E-state index is -3.66. The first-order valence-electron chi connectivity index (χ1n) is 11.3. The molecule has 1 saturated heterocycles. The van der Waals surface area contributed by atoms with Gasteiger partial charge in [-0.1, -0.05) is 6.07 Å². The normalized spacial score (nSPS) is 15.0. The molecule has 182 valence electrons. The Bertz CT molecular complexity index is 1270. The molecule has 0 unspecified atom stereocenters. The van der Waals surface area contributed by atoms with Crippen LogP contribution in [0.1, 0.15) is 34.2 Å². The standard InChI is InChI=1S/C23H30N6O4S/c1-5-27-15-22(19(4)24-27)34(31,32)29-10-8-26(9-11-29)23(30)21-6-7-28(25-21)16-33-20-13-17(2)12-18(3)14-20/h6-7,12-15H,5,8-11,16H2,1-4H3. The summed E-state index contributed by atoms with van der Waals surface area (Å²) in [6.45, 7) is 9.44. The number of carbonyl (C=O) groups is 1. The van der Waals surface area contributed by atoms with Gasteiger partial charge in [-0.15, -0.1) is 0 Å². The van der Waals surface area contributed by atoms with E-state index in [1.54, 1.807) is 39.6 Å². The highest BCUT2D eigenvalue weighted by Gasteiger charge is 2.33. The van der Waals surface area contributed by atoms with Crippen molar-refractivity contribution in [3.05, 3.63) is 59.2 Å². The van der Waals surface area contributed by atoms with E-state index >= 15 is 0 Å². The molecule has 1 aliphatic heterocycles. The number of ether oxygens (including phenoxy) is 1. The van der Waals surface area contributed by atoms with E-state index in [0.717, 1.165) is 16.9 Å². The molecule has 2 aromatic heterocycles. The van der Waals surface area contributed by atoms with Crippen LogP contribution < -0.4 is 4.74 Å². The van der Waals surface area contributed by atoms with E-state index in [0.29, 0.717) is 31.0 Å². The van der Waals surface area contributed by atoms with Gasteiger partial charge in [-0.25, -0.2) is 13.1 Å². The minimum Gasteiger partial charge on any atom is -0.471 e. The van der Waals surface area contributed by atoms with E-state index in [9.17, 15) is 13.2 Å². The number of carbonyl (C=O) groups excluding carboxylic acids is 1. The highest BCUT2D eigenvalue weighted by Crippen LogP contribution is 2.21. The Balaban J connectivity index is 1.35. The van der Waals surface area contributed by atoms with Crippen molar-refractivity contribution in [2.75, 3.05) is 26.2 Å². The maximum Gasteiger partial charge on any atom is 0.274 e. The molecule has 0 spiro atoms. The van der Waals surface area contributed by atoms with Crippen LogP contribution in [0.5, 0.6) is 5.75 Å². The monoisotopic (exact) mass is 486 g/mol. The SMILES string of the molecule is CCn1cc(S(=O)(=O)N2CCN(C(=O)c3ccn(COc4cc(C)cc(C)c4)n3)CC2)c(C)n1. The Kier molecular flexibility index (Phi) is 6.76. The third-order valence-corrected chi connectivity index (χ3v) is 7.79. The Morgan fingerprint density at radius 3 is 2.29 bits per heavy atom. The molecule has 1 aromatic carbocycles. The predicted molar refractivity (Wildman–Crippen MR) is 126 cm³/mol. The number of rotatable bonds is 7. The molecule has 34 heavy (non-hydrogen) atoms. The van der Waals surface area contributed by atoms with Crippen LogP contribution in [0, 0.1) is 20.8 Å². The average Bonchev–Trinajstić information content (AvgIpc) is 3.43. The molecule has 1 amide bonds. The van der Waals surface area contributed by atoms with Crippen LogP contribution in [0.25, 0.3) is 0 Å². The van der Waals surface area contributed by atoms with Crippen LogP contribution in [-0.4, -0.2) is 69.3 Å². The van der Waals surface area contributed by atoms with E-state index in [2.05, 4.69) is 16.3 Å². The largest absolute Gasteiger partial charge is 0.471 e. The summed E-state index contributed by atoms with van der Waals surface area (Å²) >= 11 is 0.